The van der Waals surface area contributed by atoms with Gasteiger partial charge < -0.3 is 14.7 Å². The molecule has 2 amide bonds. The van der Waals surface area contributed by atoms with E-state index < -0.39 is 18.1 Å². The molecule has 1 unspecified atom stereocenters. The Kier molecular flexibility index (Phi) is 4.74. The number of phenolic OH excluding ortho intramolecular Hbond substituents is 1. The second-order valence-electron chi connectivity index (χ2n) is 8.05. The predicted molar refractivity (Wildman–Crippen MR) is 123 cm³/mol. The van der Waals surface area contributed by atoms with Crippen LogP contribution in [0.2, 0.25) is 0 Å². The van der Waals surface area contributed by atoms with E-state index in [0.29, 0.717) is 22.4 Å². The molecule has 1 aliphatic heterocycles. The first kappa shape index (κ1) is 20.5. The fraction of sp³-hybridized carbons (Fsp3) is 0.167. The second kappa shape index (κ2) is 7.63. The number of aromatic hydroxyl groups is 1. The van der Waals surface area contributed by atoms with Crippen LogP contribution in [0.15, 0.2) is 60.7 Å². The number of amides is 2. The highest BCUT2D eigenvalue weighted by Crippen LogP contribution is 2.39. The molecule has 166 valence electrons. The number of ether oxygens (including phenoxy) is 1. The summed E-state index contributed by atoms with van der Waals surface area (Å²) in [5, 5.41) is 19.9. The maximum atomic E-state index is 13.2. The Bertz CT molecular complexity index is 1360. The van der Waals surface area contributed by atoms with E-state index in [-0.39, 0.29) is 11.3 Å². The van der Waals surface area contributed by atoms with Crippen molar-refractivity contribution < 1.29 is 19.4 Å². The topological polar surface area (TPSA) is 101 Å². The van der Waals surface area contributed by atoms with Crippen LogP contribution < -0.4 is 9.80 Å². The van der Waals surface area contributed by atoms with Crippen LogP contribution in [-0.4, -0.2) is 46.2 Å². The molecule has 1 fully saturated rings. The molecule has 9 heteroatoms. The summed E-state index contributed by atoms with van der Waals surface area (Å²) < 4.78 is 5.41. The first-order chi connectivity index (χ1) is 15.8. The predicted octanol–water partition coefficient (Wildman–Crippen LogP) is 3.73. The minimum atomic E-state index is -1.28. The number of carbonyl (C=O) groups is 2. The lowest BCUT2D eigenvalue weighted by atomic mass is 10.0. The third kappa shape index (κ3) is 3.43. The van der Waals surface area contributed by atoms with Gasteiger partial charge in [0.25, 0.3) is 5.91 Å². The average molecular weight is 443 g/mol. The maximum absolute atomic E-state index is 13.2. The molecule has 33 heavy (non-hydrogen) atoms. The van der Waals surface area contributed by atoms with Crippen molar-refractivity contribution in [1.82, 2.24) is 15.0 Å². The van der Waals surface area contributed by atoms with Crippen LogP contribution in [0.1, 0.15) is 17.2 Å². The van der Waals surface area contributed by atoms with Gasteiger partial charge in [0, 0.05) is 25.3 Å². The van der Waals surface area contributed by atoms with Crippen molar-refractivity contribution in [2.45, 2.75) is 13.0 Å². The van der Waals surface area contributed by atoms with E-state index in [4.69, 9.17) is 4.74 Å². The van der Waals surface area contributed by atoms with Gasteiger partial charge in [0.05, 0.1) is 5.69 Å². The SMILES string of the molecule is Cc1cc(C2OC(=O)N(c3ccc(N(C)C)cc3)C2=O)c(O)c(-n2nc3ccccc3n2)c1. The summed E-state index contributed by atoms with van der Waals surface area (Å²) in [6, 6.07) is 17.6. The number of phenols is 1. The lowest BCUT2D eigenvalue weighted by molar-refractivity contribution is -0.122. The van der Waals surface area contributed by atoms with E-state index in [2.05, 4.69) is 10.2 Å². The Hall–Kier alpha value is -4.40. The highest BCUT2D eigenvalue weighted by Gasteiger charge is 2.44. The van der Waals surface area contributed by atoms with E-state index in [1.165, 1.54) is 4.80 Å². The number of rotatable bonds is 4. The van der Waals surface area contributed by atoms with E-state index in [1.54, 1.807) is 36.4 Å². The molecule has 0 bridgehead atoms. The number of benzene rings is 3. The number of cyclic esters (lactones) is 1. The van der Waals surface area contributed by atoms with Gasteiger partial charge in [-0.25, -0.2) is 9.69 Å². The van der Waals surface area contributed by atoms with Crippen molar-refractivity contribution in [2.24, 2.45) is 0 Å². The van der Waals surface area contributed by atoms with Crippen molar-refractivity contribution in [2.75, 3.05) is 23.9 Å². The number of hydrogen-bond donors (Lipinski definition) is 1. The van der Waals surface area contributed by atoms with Crippen molar-refractivity contribution >= 4 is 34.4 Å². The average Bonchev–Trinajstić information content (AvgIpc) is 3.35. The van der Waals surface area contributed by atoms with Crippen LogP contribution in [0.3, 0.4) is 0 Å². The van der Waals surface area contributed by atoms with Gasteiger partial charge in [-0.05, 0) is 61.0 Å². The first-order valence-electron chi connectivity index (χ1n) is 10.3. The molecule has 5 rings (SSSR count). The zero-order valence-electron chi connectivity index (χ0n) is 18.3. The molecule has 1 N–H and O–H groups in total. The molecule has 0 spiro atoms. The summed E-state index contributed by atoms with van der Waals surface area (Å²) in [5.74, 6) is -0.806. The molecular formula is C24H21N5O4. The molecule has 0 radical (unpaired) electrons. The molecule has 0 aliphatic carbocycles. The van der Waals surface area contributed by atoms with Gasteiger partial charge in [0.2, 0.25) is 6.10 Å². The Morgan fingerprint density at radius 3 is 2.21 bits per heavy atom. The van der Waals surface area contributed by atoms with Crippen LogP contribution in [-0.2, 0) is 9.53 Å². The Morgan fingerprint density at radius 2 is 1.61 bits per heavy atom. The lowest BCUT2D eigenvalue weighted by Gasteiger charge is -2.16. The van der Waals surface area contributed by atoms with E-state index >= 15 is 0 Å². The third-order valence-corrected chi connectivity index (χ3v) is 5.52. The van der Waals surface area contributed by atoms with Gasteiger partial charge in [-0.2, -0.15) is 0 Å². The summed E-state index contributed by atoms with van der Waals surface area (Å²) >= 11 is 0. The molecule has 2 heterocycles. The van der Waals surface area contributed by atoms with Crippen LogP contribution in [0.25, 0.3) is 16.7 Å². The van der Waals surface area contributed by atoms with Gasteiger partial charge >= 0.3 is 6.09 Å². The van der Waals surface area contributed by atoms with Crippen molar-refractivity contribution in [3.05, 3.63) is 71.8 Å². The van der Waals surface area contributed by atoms with Gasteiger partial charge in [-0.15, -0.1) is 15.0 Å². The summed E-state index contributed by atoms with van der Waals surface area (Å²) in [5.41, 5.74) is 3.86. The molecule has 0 saturated carbocycles. The fourth-order valence-electron chi connectivity index (χ4n) is 3.85. The number of aryl methyl sites for hydroxylation is 1. The first-order valence-corrected chi connectivity index (χ1v) is 10.3. The van der Waals surface area contributed by atoms with Gasteiger partial charge in [0.1, 0.15) is 16.7 Å². The van der Waals surface area contributed by atoms with Crippen molar-refractivity contribution in [3.8, 4) is 11.4 Å². The summed E-state index contributed by atoms with van der Waals surface area (Å²) in [4.78, 5) is 30.0. The normalized spacial score (nSPS) is 15.8. The summed E-state index contributed by atoms with van der Waals surface area (Å²) in [7, 11) is 3.80. The second-order valence-corrected chi connectivity index (χ2v) is 8.05. The molecule has 1 aliphatic rings. The van der Waals surface area contributed by atoms with Crippen LogP contribution in [0.5, 0.6) is 5.75 Å². The number of anilines is 2. The largest absolute Gasteiger partial charge is 0.505 e. The van der Waals surface area contributed by atoms with Crippen molar-refractivity contribution in [1.29, 1.82) is 0 Å². The number of imide groups is 1. The van der Waals surface area contributed by atoms with E-state index in [1.807, 2.05) is 50.2 Å². The van der Waals surface area contributed by atoms with Crippen molar-refractivity contribution in [3.63, 3.8) is 0 Å². The molecule has 1 atom stereocenters. The van der Waals surface area contributed by atoms with Crippen LogP contribution in [0, 0.1) is 6.92 Å². The quantitative estimate of drug-likeness (QED) is 0.513. The third-order valence-electron chi connectivity index (χ3n) is 5.52. The highest BCUT2D eigenvalue weighted by atomic mass is 16.6. The summed E-state index contributed by atoms with van der Waals surface area (Å²) in [6.45, 7) is 1.81. The standard InChI is InChI=1S/C24H21N5O4/c1-14-12-17(21(30)20(13-14)29-25-18-6-4-5-7-19(18)26-29)22-23(31)28(24(32)33-22)16-10-8-15(9-11-16)27(2)3/h4-13,22,30H,1-3H3. The van der Waals surface area contributed by atoms with Crippen LogP contribution >= 0.6 is 0 Å². The Balaban J connectivity index is 1.53. The summed E-state index contributed by atoms with van der Waals surface area (Å²) in [6.07, 6.45) is -2.08. The number of hydrogen-bond acceptors (Lipinski definition) is 7. The monoisotopic (exact) mass is 443 g/mol. The number of aromatic nitrogens is 3. The van der Waals surface area contributed by atoms with Gasteiger partial charge in [0.15, 0.2) is 5.75 Å². The zero-order chi connectivity index (χ0) is 23.3. The number of fused-ring (bicyclic) bond motifs is 1. The fourth-order valence-corrected chi connectivity index (χ4v) is 3.85. The molecule has 1 aromatic heterocycles. The zero-order valence-corrected chi connectivity index (χ0v) is 18.3. The van der Waals surface area contributed by atoms with E-state index in [0.717, 1.165) is 16.2 Å². The Morgan fingerprint density at radius 1 is 0.970 bits per heavy atom. The molecule has 3 aromatic carbocycles. The smallest absolute Gasteiger partial charge is 0.422 e. The Labute approximate surface area is 189 Å². The minimum absolute atomic E-state index is 0.178. The molecule has 9 nitrogen and oxygen atoms in total. The number of nitrogens with zero attached hydrogens (tertiary/aromatic N) is 5. The van der Waals surface area contributed by atoms with E-state index in [9.17, 15) is 14.7 Å². The molecule has 4 aromatic rings. The lowest BCUT2D eigenvalue weighted by Crippen LogP contribution is -2.29. The molecule has 1 saturated heterocycles. The molecular weight excluding hydrogens is 422 g/mol. The van der Waals surface area contributed by atoms with Gasteiger partial charge in [-0.1, -0.05) is 12.1 Å². The van der Waals surface area contributed by atoms with Gasteiger partial charge in [-0.3, -0.25) is 4.79 Å². The highest BCUT2D eigenvalue weighted by molar-refractivity contribution is 6.18. The number of carbonyl (C=O) groups excluding carboxylic acids is 2. The van der Waals surface area contributed by atoms with Crippen LogP contribution in [0.4, 0.5) is 16.2 Å². The minimum Gasteiger partial charge on any atom is -0.505 e. The maximum Gasteiger partial charge on any atom is 0.422 e.